The van der Waals surface area contributed by atoms with Crippen molar-refractivity contribution >= 4 is 28.3 Å². The summed E-state index contributed by atoms with van der Waals surface area (Å²) in [4.78, 5) is 12.5. The number of benzene rings is 3. The fourth-order valence-corrected chi connectivity index (χ4v) is 3.56. The molecule has 138 valence electrons. The Bertz CT molecular complexity index is 981. The molecular formula is C22H20ClNO3. The number of hydrogen-bond donors (Lipinski definition) is 1. The van der Waals surface area contributed by atoms with Gasteiger partial charge in [-0.05, 0) is 34.0 Å². The maximum atomic E-state index is 12.5. The Morgan fingerprint density at radius 2 is 1.85 bits per heavy atom. The molecule has 0 unspecified atom stereocenters. The van der Waals surface area contributed by atoms with Gasteiger partial charge in [0.05, 0.1) is 24.7 Å². The molecule has 1 aliphatic heterocycles. The number of carbonyl (C=O) groups excluding carboxylic acids is 1. The van der Waals surface area contributed by atoms with Crippen LogP contribution in [0.1, 0.15) is 17.5 Å². The third-order valence-electron chi connectivity index (χ3n) is 4.58. The van der Waals surface area contributed by atoms with Gasteiger partial charge < -0.3 is 14.8 Å². The average Bonchev–Trinajstić information content (AvgIpc) is 2.93. The van der Waals surface area contributed by atoms with E-state index in [0.29, 0.717) is 42.7 Å². The Balaban J connectivity index is 1.45. The molecule has 1 aliphatic rings. The lowest BCUT2D eigenvalue weighted by atomic mass is 10.0. The van der Waals surface area contributed by atoms with Gasteiger partial charge in [0.25, 0.3) is 0 Å². The highest BCUT2D eigenvalue weighted by Gasteiger charge is 2.16. The highest BCUT2D eigenvalue weighted by atomic mass is 35.5. The number of ether oxygens (including phenoxy) is 2. The van der Waals surface area contributed by atoms with Crippen LogP contribution in [0.3, 0.4) is 0 Å². The van der Waals surface area contributed by atoms with E-state index < -0.39 is 0 Å². The molecule has 0 aliphatic carbocycles. The van der Waals surface area contributed by atoms with Crippen molar-refractivity contribution in [3.05, 3.63) is 70.7 Å². The first kappa shape index (κ1) is 17.7. The van der Waals surface area contributed by atoms with Gasteiger partial charge in [0.15, 0.2) is 11.5 Å². The van der Waals surface area contributed by atoms with E-state index in [1.54, 1.807) is 0 Å². The summed E-state index contributed by atoms with van der Waals surface area (Å²) in [6, 6.07) is 17.8. The molecule has 1 N–H and O–H groups in total. The van der Waals surface area contributed by atoms with Crippen LogP contribution in [0.15, 0.2) is 54.6 Å². The predicted molar refractivity (Wildman–Crippen MR) is 107 cm³/mol. The zero-order valence-electron chi connectivity index (χ0n) is 14.8. The van der Waals surface area contributed by atoms with Gasteiger partial charge in [-0.3, -0.25) is 4.79 Å². The Hall–Kier alpha value is -2.72. The van der Waals surface area contributed by atoms with E-state index in [0.717, 1.165) is 28.3 Å². The molecular weight excluding hydrogens is 362 g/mol. The maximum Gasteiger partial charge on any atom is 0.224 e. The largest absolute Gasteiger partial charge is 0.489 e. The predicted octanol–water partition coefficient (Wildman–Crippen LogP) is 4.51. The molecule has 0 saturated carbocycles. The molecule has 3 aromatic carbocycles. The van der Waals surface area contributed by atoms with Gasteiger partial charge in [-0.15, -0.1) is 0 Å². The average molecular weight is 382 g/mol. The summed E-state index contributed by atoms with van der Waals surface area (Å²) in [5.74, 6) is 1.19. The van der Waals surface area contributed by atoms with Crippen molar-refractivity contribution in [2.24, 2.45) is 0 Å². The monoisotopic (exact) mass is 381 g/mol. The van der Waals surface area contributed by atoms with Crippen molar-refractivity contribution in [3.63, 3.8) is 0 Å². The summed E-state index contributed by atoms with van der Waals surface area (Å²) in [5, 5.41) is 5.72. The van der Waals surface area contributed by atoms with Crippen molar-refractivity contribution in [1.82, 2.24) is 5.32 Å². The summed E-state index contributed by atoms with van der Waals surface area (Å²) in [6.07, 6.45) is 1.15. The van der Waals surface area contributed by atoms with Crippen LogP contribution in [0, 0.1) is 0 Å². The van der Waals surface area contributed by atoms with Gasteiger partial charge in [-0.2, -0.15) is 0 Å². The molecule has 0 atom stereocenters. The third-order valence-corrected chi connectivity index (χ3v) is 4.86. The molecule has 0 radical (unpaired) electrons. The minimum atomic E-state index is -0.0328. The number of carbonyl (C=O) groups is 1. The van der Waals surface area contributed by atoms with Crippen LogP contribution in [0.25, 0.3) is 10.8 Å². The number of amides is 1. The summed E-state index contributed by atoms with van der Waals surface area (Å²) < 4.78 is 11.3. The van der Waals surface area contributed by atoms with E-state index in [1.165, 1.54) is 0 Å². The fraction of sp³-hybridized carbons (Fsp3) is 0.227. The van der Waals surface area contributed by atoms with Crippen LogP contribution in [-0.4, -0.2) is 19.1 Å². The molecule has 1 heterocycles. The quantitative estimate of drug-likeness (QED) is 0.723. The smallest absolute Gasteiger partial charge is 0.224 e. The van der Waals surface area contributed by atoms with E-state index in [9.17, 15) is 4.79 Å². The highest BCUT2D eigenvalue weighted by molar-refractivity contribution is 6.32. The molecule has 1 amide bonds. The first-order valence-electron chi connectivity index (χ1n) is 9.02. The first-order valence-corrected chi connectivity index (χ1v) is 9.40. The van der Waals surface area contributed by atoms with E-state index in [4.69, 9.17) is 21.1 Å². The normalized spacial score (nSPS) is 13.2. The zero-order chi connectivity index (χ0) is 18.6. The lowest BCUT2D eigenvalue weighted by Crippen LogP contribution is -2.24. The Kier molecular flexibility index (Phi) is 5.16. The second kappa shape index (κ2) is 7.89. The summed E-state index contributed by atoms with van der Waals surface area (Å²) in [6.45, 7) is 1.58. The number of rotatable bonds is 4. The molecule has 4 rings (SSSR count). The standard InChI is InChI=1S/C22H20ClNO3/c23-19-11-15(12-20-22(19)27-10-4-9-26-20)14-24-21(25)13-17-7-3-6-16-5-1-2-8-18(16)17/h1-3,5-8,11-12H,4,9-10,13-14H2,(H,24,25). The molecule has 0 aromatic heterocycles. The van der Waals surface area contributed by atoms with Crippen molar-refractivity contribution in [1.29, 1.82) is 0 Å². The number of hydrogen-bond acceptors (Lipinski definition) is 3. The maximum absolute atomic E-state index is 12.5. The van der Waals surface area contributed by atoms with Gasteiger partial charge in [0.1, 0.15) is 0 Å². The van der Waals surface area contributed by atoms with Gasteiger partial charge >= 0.3 is 0 Å². The van der Waals surface area contributed by atoms with Crippen molar-refractivity contribution in [3.8, 4) is 11.5 Å². The Morgan fingerprint density at radius 3 is 2.78 bits per heavy atom. The molecule has 27 heavy (non-hydrogen) atoms. The minimum Gasteiger partial charge on any atom is -0.489 e. The lowest BCUT2D eigenvalue weighted by molar-refractivity contribution is -0.120. The van der Waals surface area contributed by atoms with Crippen LogP contribution in [-0.2, 0) is 17.8 Å². The van der Waals surface area contributed by atoms with Crippen LogP contribution in [0.2, 0.25) is 5.02 Å². The fourth-order valence-electron chi connectivity index (χ4n) is 3.27. The second-order valence-electron chi connectivity index (χ2n) is 6.55. The summed E-state index contributed by atoms with van der Waals surface area (Å²) in [5.41, 5.74) is 1.90. The Morgan fingerprint density at radius 1 is 1.04 bits per heavy atom. The molecule has 0 saturated heterocycles. The topological polar surface area (TPSA) is 47.6 Å². The molecule has 0 bridgehead atoms. The zero-order valence-corrected chi connectivity index (χ0v) is 15.6. The van der Waals surface area contributed by atoms with E-state index in [-0.39, 0.29) is 5.91 Å². The van der Waals surface area contributed by atoms with Crippen LogP contribution in [0.4, 0.5) is 0 Å². The van der Waals surface area contributed by atoms with Crippen molar-refractivity contribution < 1.29 is 14.3 Å². The third kappa shape index (κ3) is 4.01. The first-order chi connectivity index (χ1) is 13.2. The van der Waals surface area contributed by atoms with Crippen LogP contribution >= 0.6 is 11.6 Å². The highest BCUT2D eigenvalue weighted by Crippen LogP contribution is 2.37. The molecule has 0 fully saturated rings. The van der Waals surface area contributed by atoms with Gasteiger partial charge in [0, 0.05) is 13.0 Å². The number of halogens is 1. The molecule has 5 heteroatoms. The summed E-state index contributed by atoms with van der Waals surface area (Å²) in [7, 11) is 0. The minimum absolute atomic E-state index is 0.0328. The molecule has 0 spiro atoms. The lowest BCUT2D eigenvalue weighted by Gasteiger charge is -2.12. The van der Waals surface area contributed by atoms with E-state index >= 15 is 0 Å². The van der Waals surface area contributed by atoms with Gasteiger partial charge in [-0.1, -0.05) is 54.1 Å². The van der Waals surface area contributed by atoms with Crippen molar-refractivity contribution in [2.45, 2.75) is 19.4 Å². The number of fused-ring (bicyclic) bond motifs is 2. The second-order valence-corrected chi connectivity index (χ2v) is 6.95. The molecule has 4 nitrogen and oxygen atoms in total. The SMILES string of the molecule is O=C(Cc1cccc2ccccc12)NCc1cc(Cl)c2c(c1)OCCCO2. The van der Waals surface area contributed by atoms with E-state index in [2.05, 4.69) is 17.4 Å². The van der Waals surface area contributed by atoms with Gasteiger partial charge in [0.2, 0.25) is 5.91 Å². The van der Waals surface area contributed by atoms with Gasteiger partial charge in [-0.25, -0.2) is 0 Å². The molecule has 3 aromatic rings. The van der Waals surface area contributed by atoms with E-state index in [1.807, 2.05) is 42.5 Å². The Labute approximate surface area is 163 Å². The number of nitrogens with one attached hydrogen (secondary N) is 1. The summed E-state index contributed by atoms with van der Waals surface area (Å²) >= 11 is 6.31. The van der Waals surface area contributed by atoms with Crippen molar-refractivity contribution in [2.75, 3.05) is 13.2 Å². The van der Waals surface area contributed by atoms with Crippen LogP contribution in [0.5, 0.6) is 11.5 Å². The van der Waals surface area contributed by atoms with Crippen LogP contribution < -0.4 is 14.8 Å².